The highest BCUT2D eigenvalue weighted by molar-refractivity contribution is 9.10. The lowest BCUT2D eigenvalue weighted by Crippen LogP contribution is -2.27. The van der Waals surface area contributed by atoms with Crippen molar-refractivity contribution in [2.45, 2.75) is 39.8 Å². The molecule has 0 atom stereocenters. The quantitative estimate of drug-likeness (QED) is 0.375. The van der Waals surface area contributed by atoms with Crippen LogP contribution in [0.5, 0.6) is 11.6 Å². The maximum Gasteiger partial charge on any atom is 0.412 e. The first-order chi connectivity index (χ1) is 15.7. The van der Waals surface area contributed by atoms with E-state index in [1.807, 2.05) is 11.5 Å². The molecule has 4 aromatic rings. The molecule has 3 heterocycles. The van der Waals surface area contributed by atoms with Gasteiger partial charge in [0.25, 0.3) is 0 Å². The molecule has 0 radical (unpaired) electrons. The van der Waals surface area contributed by atoms with Crippen LogP contribution in [0.2, 0.25) is 0 Å². The van der Waals surface area contributed by atoms with Crippen LogP contribution in [0.25, 0.3) is 22.6 Å². The fourth-order valence-corrected chi connectivity index (χ4v) is 3.75. The van der Waals surface area contributed by atoms with Gasteiger partial charge in [0.1, 0.15) is 21.3 Å². The first-order valence-corrected chi connectivity index (χ1v) is 10.9. The largest absolute Gasteiger partial charge is 0.444 e. The lowest BCUT2D eigenvalue weighted by atomic mass is 10.2. The van der Waals surface area contributed by atoms with Crippen LogP contribution in [-0.2, 0) is 11.3 Å². The van der Waals surface area contributed by atoms with Gasteiger partial charge in [-0.25, -0.2) is 19.4 Å². The molecule has 0 bridgehead atoms. The van der Waals surface area contributed by atoms with Crippen molar-refractivity contribution in [1.29, 1.82) is 0 Å². The fraction of sp³-hybridized carbons (Fsp3) is 0.286. The highest BCUT2D eigenvalue weighted by atomic mass is 79.9. The van der Waals surface area contributed by atoms with E-state index >= 15 is 0 Å². The van der Waals surface area contributed by atoms with Gasteiger partial charge in [-0.05, 0) is 66.1 Å². The Kier molecular flexibility index (Phi) is 5.93. The summed E-state index contributed by atoms with van der Waals surface area (Å²) in [7, 11) is 0. The second-order valence-electron chi connectivity index (χ2n) is 8.05. The molecule has 1 amide bonds. The molecule has 12 heteroatoms. The van der Waals surface area contributed by atoms with Crippen molar-refractivity contribution in [2.24, 2.45) is 0 Å². The van der Waals surface area contributed by atoms with Gasteiger partial charge in [0.2, 0.25) is 5.88 Å². The summed E-state index contributed by atoms with van der Waals surface area (Å²) < 4.78 is 18.5. The van der Waals surface area contributed by atoms with Crippen molar-refractivity contribution >= 4 is 44.6 Å². The van der Waals surface area contributed by atoms with Gasteiger partial charge in [-0.15, -0.1) is 0 Å². The third-order valence-corrected chi connectivity index (χ3v) is 5.14. The van der Waals surface area contributed by atoms with E-state index in [1.165, 1.54) is 0 Å². The molecule has 0 spiro atoms. The normalized spacial score (nSPS) is 11.5. The van der Waals surface area contributed by atoms with Crippen LogP contribution in [0.1, 0.15) is 27.7 Å². The molecular formula is C21H22BrN7O4. The number of aromatic nitrogens is 5. The van der Waals surface area contributed by atoms with E-state index < -0.39 is 11.7 Å². The number of carbonyl (C=O) groups is 1. The first kappa shape index (κ1) is 22.5. The topological polar surface area (TPSA) is 143 Å². The molecule has 0 aliphatic carbocycles. The van der Waals surface area contributed by atoms with Gasteiger partial charge < -0.3 is 19.8 Å². The monoisotopic (exact) mass is 515 g/mol. The number of rotatable bonds is 5. The zero-order chi connectivity index (χ0) is 23.8. The molecule has 0 unspecified atom stereocenters. The van der Waals surface area contributed by atoms with E-state index in [-0.39, 0.29) is 5.82 Å². The molecule has 3 aromatic heterocycles. The number of ether oxygens (including phenoxy) is 2. The third-order valence-electron chi connectivity index (χ3n) is 4.43. The van der Waals surface area contributed by atoms with Crippen molar-refractivity contribution in [3.8, 4) is 23.1 Å². The standard InChI is InChI=1S/C21H22BrN7O4/c1-5-29-16-13(26-18(29)15-17(23)28-33-27-15)10-24-19(14(16)22)31-12-8-6-7-11(9-12)25-20(30)32-21(2,3)4/h6-10H,5H2,1-4H3,(H2,23,28)(H,25,30). The van der Waals surface area contributed by atoms with Crippen molar-refractivity contribution < 1.29 is 18.9 Å². The number of hydrogen-bond donors (Lipinski definition) is 2. The summed E-state index contributed by atoms with van der Waals surface area (Å²) in [5.41, 5.74) is 7.50. The van der Waals surface area contributed by atoms with Crippen LogP contribution < -0.4 is 15.8 Å². The Morgan fingerprint density at radius 3 is 2.76 bits per heavy atom. The molecule has 1 aromatic carbocycles. The molecule has 0 saturated carbocycles. The van der Waals surface area contributed by atoms with Crippen molar-refractivity contribution in [1.82, 2.24) is 24.8 Å². The van der Waals surface area contributed by atoms with E-state index in [9.17, 15) is 4.79 Å². The Morgan fingerprint density at radius 2 is 2.09 bits per heavy atom. The maximum absolute atomic E-state index is 12.1. The number of pyridine rings is 1. The number of nitrogen functional groups attached to an aromatic ring is 1. The molecule has 11 nitrogen and oxygen atoms in total. The highest BCUT2D eigenvalue weighted by Crippen LogP contribution is 2.37. The van der Waals surface area contributed by atoms with Gasteiger partial charge in [0.15, 0.2) is 17.3 Å². The molecule has 0 saturated heterocycles. The second kappa shape index (κ2) is 8.70. The number of carbonyl (C=O) groups excluding carboxylic acids is 1. The van der Waals surface area contributed by atoms with Crippen molar-refractivity contribution in [3.63, 3.8) is 0 Å². The van der Waals surface area contributed by atoms with E-state index in [0.29, 0.717) is 45.4 Å². The van der Waals surface area contributed by atoms with Gasteiger partial charge >= 0.3 is 6.09 Å². The Labute approximate surface area is 197 Å². The van der Waals surface area contributed by atoms with Crippen LogP contribution in [-0.4, -0.2) is 36.5 Å². The molecule has 0 aliphatic heterocycles. The van der Waals surface area contributed by atoms with Gasteiger partial charge in [0, 0.05) is 18.3 Å². The lowest BCUT2D eigenvalue weighted by molar-refractivity contribution is 0.0636. The van der Waals surface area contributed by atoms with E-state index in [2.05, 4.69) is 41.5 Å². The average Bonchev–Trinajstić information content (AvgIpc) is 3.32. The van der Waals surface area contributed by atoms with Gasteiger partial charge in [-0.1, -0.05) is 6.07 Å². The van der Waals surface area contributed by atoms with Crippen LogP contribution in [0.4, 0.5) is 16.3 Å². The Morgan fingerprint density at radius 1 is 1.30 bits per heavy atom. The summed E-state index contributed by atoms with van der Waals surface area (Å²) >= 11 is 3.59. The van der Waals surface area contributed by atoms with E-state index in [0.717, 1.165) is 5.52 Å². The number of imidazole rings is 1. The van der Waals surface area contributed by atoms with Crippen LogP contribution in [0.15, 0.2) is 39.6 Å². The summed E-state index contributed by atoms with van der Waals surface area (Å²) in [6.45, 7) is 7.94. The summed E-state index contributed by atoms with van der Waals surface area (Å²) in [5, 5.41) is 10.2. The van der Waals surface area contributed by atoms with Crippen molar-refractivity contribution in [3.05, 3.63) is 34.9 Å². The summed E-state index contributed by atoms with van der Waals surface area (Å²) in [5.74, 6) is 1.46. The SMILES string of the molecule is CCn1c(-c2nonc2N)nc2cnc(Oc3cccc(NC(=O)OC(C)(C)C)c3)c(Br)c21. The molecule has 4 rings (SSSR count). The molecule has 33 heavy (non-hydrogen) atoms. The number of fused-ring (bicyclic) bond motifs is 1. The summed E-state index contributed by atoms with van der Waals surface area (Å²) in [4.78, 5) is 21.0. The van der Waals surface area contributed by atoms with Crippen LogP contribution >= 0.6 is 15.9 Å². The number of hydrogen-bond acceptors (Lipinski definition) is 9. The first-order valence-electron chi connectivity index (χ1n) is 10.1. The number of aryl methyl sites for hydroxylation is 1. The maximum atomic E-state index is 12.1. The molecular weight excluding hydrogens is 494 g/mol. The molecule has 0 aliphatic rings. The van der Waals surface area contributed by atoms with Gasteiger partial charge in [-0.2, -0.15) is 0 Å². The Balaban J connectivity index is 1.64. The predicted octanol–water partition coefficient (Wildman–Crippen LogP) is 4.99. The number of amides is 1. The van der Waals surface area contributed by atoms with Crippen LogP contribution in [0, 0.1) is 0 Å². The van der Waals surface area contributed by atoms with E-state index in [1.54, 1.807) is 51.2 Å². The molecule has 0 fully saturated rings. The fourth-order valence-electron chi connectivity index (χ4n) is 3.15. The predicted molar refractivity (Wildman–Crippen MR) is 125 cm³/mol. The smallest absolute Gasteiger partial charge is 0.412 e. The summed E-state index contributed by atoms with van der Waals surface area (Å²) in [6, 6.07) is 6.91. The molecule has 172 valence electrons. The minimum Gasteiger partial charge on any atom is -0.444 e. The Bertz CT molecular complexity index is 1330. The van der Waals surface area contributed by atoms with E-state index in [4.69, 9.17) is 19.8 Å². The lowest BCUT2D eigenvalue weighted by Gasteiger charge is -2.19. The average molecular weight is 516 g/mol. The minimum atomic E-state index is -0.601. The zero-order valence-corrected chi connectivity index (χ0v) is 20.0. The van der Waals surface area contributed by atoms with Gasteiger partial charge in [0.05, 0.1) is 11.7 Å². The molecule has 3 N–H and O–H groups in total. The minimum absolute atomic E-state index is 0.148. The number of nitrogens with zero attached hydrogens (tertiary/aromatic N) is 5. The number of nitrogens with two attached hydrogens (primary N) is 1. The third kappa shape index (κ3) is 4.75. The number of benzene rings is 1. The highest BCUT2D eigenvalue weighted by Gasteiger charge is 2.22. The number of halogens is 1. The number of anilines is 2. The second-order valence-corrected chi connectivity index (χ2v) is 8.84. The Hall–Kier alpha value is -3.67. The van der Waals surface area contributed by atoms with Crippen molar-refractivity contribution in [2.75, 3.05) is 11.1 Å². The summed E-state index contributed by atoms with van der Waals surface area (Å²) in [6.07, 6.45) is 1.04. The van der Waals surface area contributed by atoms with Gasteiger partial charge in [-0.3, -0.25) is 5.32 Å². The zero-order valence-electron chi connectivity index (χ0n) is 18.4. The number of nitrogens with one attached hydrogen (secondary N) is 1. The van der Waals surface area contributed by atoms with Crippen LogP contribution in [0.3, 0.4) is 0 Å².